The normalized spacial score (nSPS) is 14.1. The van der Waals surface area contributed by atoms with Gasteiger partial charge in [0.25, 0.3) is 0 Å². The van der Waals surface area contributed by atoms with Gasteiger partial charge in [-0.2, -0.15) is 0 Å². The van der Waals surface area contributed by atoms with Crippen molar-refractivity contribution in [3.05, 3.63) is 29.3 Å². The molecule has 1 aromatic carbocycles. The van der Waals surface area contributed by atoms with Gasteiger partial charge >= 0.3 is 0 Å². The first-order valence-corrected chi connectivity index (χ1v) is 13.6. The minimum atomic E-state index is -0.194. The molecule has 1 nitrogen and oxygen atoms in total. The van der Waals surface area contributed by atoms with Crippen LogP contribution in [-0.4, -0.2) is 27.7 Å². The number of benzene rings is 1. The first kappa shape index (κ1) is 25.9. The number of methoxy groups -OCH3 is 1. The smallest absolute Gasteiger partial charge is 0.125 e. The molecule has 1 aromatic rings. The fourth-order valence-corrected chi connectivity index (χ4v) is 11.6. The quantitative estimate of drug-likeness (QED) is 0.429. The van der Waals surface area contributed by atoms with E-state index in [9.17, 15) is 0 Å². The minimum Gasteiger partial charge on any atom is -0.496 e. The first-order chi connectivity index (χ1) is 12.4. The summed E-state index contributed by atoms with van der Waals surface area (Å²) in [6.45, 7) is 28.8. The van der Waals surface area contributed by atoms with Gasteiger partial charge in [0, 0.05) is 0 Å². The molecule has 162 valence electrons. The predicted octanol–water partition coefficient (Wildman–Crippen LogP) is 8.85. The van der Waals surface area contributed by atoms with Gasteiger partial charge in [-0.1, -0.05) is 117 Å². The molecule has 0 aromatic heterocycles. The Morgan fingerprint density at radius 1 is 0.607 bits per heavy atom. The van der Waals surface area contributed by atoms with Crippen molar-refractivity contribution in [2.24, 2.45) is 0 Å². The molecule has 0 amide bonds. The van der Waals surface area contributed by atoms with Crippen molar-refractivity contribution in [3.63, 3.8) is 0 Å². The zero-order chi connectivity index (χ0) is 22.1. The third kappa shape index (κ3) is 6.99. The molecule has 1 rings (SSSR count). The van der Waals surface area contributed by atoms with E-state index in [1.807, 2.05) is 7.11 Å². The van der Waals surface area contributed by atoms with Crippen LogP contribution in [0.4, 0.5) is 0 Å². The molecular formula is C25H46OP2. The molecule has 0 N–H and O–H groups in total. The predicted molar refractivity (Wildman–Crippen MR) is 133 cm³/mol. The van der Waals surface area contributed by atoms with Gasteiger partial charge in [-0.15, -0.1) is 0 Å². The van der Waals surface area contributed by atoms with E-state index >= 15 is 0 Å². The summed E-state index contributed by atoms with van der Waals surface area (Å²) in [5.74, 6) is 1.14. The average molecular weight is 425 g/mol. The van der Waals surface area contributed by atoms with Crippen LogP contribution in [0.25, 0.3) is 0 Å². The minimum absolute atomic E-state index is 0.194. The van der Waals surface area contributed by atoms with Gasteiger partial charge in [0.15, 0.2) is 0 Å². The Balaban J connectivity index is 3.37. The molecule has 0 spiro atoms. The largest absolute Gasteiger partial charge is 0.496 e. The Morgan fingerprint density at radius 3 is 1.11 bits per heavy atom. The number of hydrogen-bond acceptors (Lipinski definition) is 1. The molecule has 0 radical (unpaired) electrons. The summed E-state index contributed by atoms with van der Waals surface area (Å²) >= 11 is 0. The van der Waals surface area contributed by atoms with Crippen LogP contribution in [0.1, 0.15) is 94.2 Å². The summed E-state index contributed by atoms with van der Waals surface area (Å²) in [7, 11) is 1.47. The van der Waals surface area contributed by atoms with Gasteiger partial charge in [0.2, 0.25) is 0 Å². The highest BCUT2D eigenvalue weighted by Crippen LogP contribution is 2.64. The van der Waals surface area contributed by atoms with E-state index in [4.69, 9.17) is 4.74 Å². The maximum atomic E-state index is 6.05. The Labute approximate surface area is 178 Å². The van der Waals surface area contributed by atoms with Gasteiger partial charge in [-0.05, 0) is 44.1 Å². The molecule has 0 aliphatic carbocycles. The van der Waals surface area contributed by atoms with E-state index in [0.717, 1.165) is 18.1 Å². The number of para-hydroxylation sites is 1. The Hall–Kier alpha value is -0.120. The van der Waals surface area contributed by atoms with Gasteiger partial charge in [-0.3, -0.25) is 0 Å². The molecule has 0 fully saturated rings. The molecule has 0 saturated carbocycles. The van der Waals surface area contributed by atoms with Crippen LogP contribution < -0.4 is 4.74 Å². The maximum Gasteiger partial charge on any atom is 0.125 e. The van der Waals surface area contributed by atoms with E-state index in [1.165, 1.54) is 11.1 Å². The van der Waals surface area contributed by atoms with E-state index in [1.54, 1.807) is 0 Å². The van der Waals surface area contributed by atoms with Crippen molar-refractivity contribution in [1.29, 1.82) is 0 Å². The van der Waals surface area contributed by atoms with Crippen LogP contribution in [0.2, 0.25) is 0 Å². The van der Waals surface area contributed by atoms with Crippen molar-refractivity contribution in [1.82, 2.24) is 0 Å². The number of ether oxygens (including phenoxy) is 1. The summed E-state index contributed by atoms with van der Waals surface area (Å²) in [6.07, 6.45) is 2.25. The second-order valence-electron chi connectivity index (χ2n) is 12.0. The van der Waals surface area contributed by atoms with Crippen LogP contribution >= 0.6 is 15.8 Å². The Kier molecular flexibility index (Phi) is 8.27. The molecule has 0 unspecified atom stereocenters. The van der Waals surface area contributed by atoms with Crippen molar-refractivity contribution in [3.8, 4) is 5.75 Å². The fourth-order valence-electron chi connectivity index (χ4n) is 4.45. The Bertz CT molecular complexity index is 556. The SMILES string of the molecule is COc1c(CP(C(C)(C)C)C(C)(C)C)cccc1CP(C(C)(C)C)C(C)(C)C. The Morgan fingerprint density at radius 2 is 0.893 bits per heavy atom. The third-order valence-electron chi connectivity index (χ3n) is 5.28. The lowest BCUT2D eigenvalue weighted by molar-refractivity contribution is 0.407. The van der Waals surface area contributed by atoms with Crippen LogP contribution in [0.3, 0.4) is 0 Å². The van der Waals surface area contributed by atoms with E-state index in [0.29, 0.717) is 20.6 Å². The van der Waals surface area contributed by atoms with Crippen molar-refractivity contribution < 1.29 is 4.74 Å². The molecule has 0 aliphatic rings. The number of rotatable bonds is 5. The molecule has 0 saturated heterocycles. The second kappa shape index (κ2) is 8.94. The molecule has 0 bridgehead atoms. The highest BCUT2D eigenvalue weighted by Gasteiger charge is 2.37. The second-order valence-corrected chi connectivity index (χ2v) is 19.7. The highest BCUT2D eigenvalue weighted by atomic mass is 31.1. The first-order valence-electron chi connectivity index (χ1n) is 10.6. The molecule has 28 heavy (non-hydrogen) atoms. The lowest BCUT2D eigenvalue weighted by Crippen LogP contribution is -2.26. The summed E-state index contributed by atoms with van der Waals surface area (Å²) in [4.78, 5) is 0. The van der Waals surface area contributed by atoms with Gasteiger partial charge in [-0.25, -0.2) is 0 Å². The number of hydrogen-bond donors (Lipinski definition) is 0. The van der Waals surface area contributed by atoms with Gasteiger partial charge < -0.3 is 4.74 Å². The molecule has 0 aliphatic heterocycles. The van der Waals surface area contributed by atoms with Gasteiger partial charge in [0.05, 0.1) is 7.11 Å². The molecule has 3 heteroatoms. The zero-order valence-corrected chi connectivity index (χ0v) is 22.7. The van der Waals surface area contributed by atoms with Gasteiger partial charge in [0.1, 0.15) is 5.75 Å². The summed E-state index contributed by atoms with van der Waals surface area (Å²) in [6, 6.07) is 6.85. The monoisotopic (exact) mass is 424 g/mol. The lowest BCUT2D eigenvalue weighted by atomic mass is 10.1. The average Bonchev–Trinajstić information content (AvgIpc) is 2.45. The van der Waals surface area contributed by atoms with E-state index in [-0.39, 0.29) is 15.8 Å². The van der Waals surface area contributed by atoms with E-state index in [2.05, 4.69) is 101 Å². The highest BCUT2D eigenvalue weighted by molar-refractivity contribution is 7.60. The van der Waals surface area contributed by atoms with E-state index < -0.39 is 0 Å². The fraction of sp³-hybridized carbons (Fsp3) is 0.760. The van der Waals surface area contributed by atoms with Crippen molar-refractivity contribution >= 4 is 15.8 Å². The molecule has 0 heterocycles. The van der Waals surface area contributed by atoms with Crippen LogP contribution in [0.15, 0.2) is 18.2 Å². The van der Waals surface area contributed by atoms with Crippen LogP contribution in [0.5, 0.6) is 5.75 Å². The standard InChI is InChI=1S/C25H46OP2/c1-22(2,3)27(23(4,5)6)17-19-15-14-16-20(21(19)26-13)18-28(24(7,8)9)25(10,11)12/h14-16H,17-18H2,1-13H3. The summed E-state index contributed by atoms with van der Waals surface area (Å²) < 4.78 is 6.05. The van der Waals surface area contributed by atoms with Crippen molar-refractivity contribution in [2.45, 2.75) is 116 Å². The lowest BCUT2D eigenvalue weighted by Gasteiger charge is -2.43. The third-order valence-corrected chi connectivity index (χ3v) is 13.1. The summed E-state index contributed by atoms with van der Waals surface area (Å²) in [5.41, 5.74) is 2.79. The van der Waals surface area contributed by atoms with Crippen LogP contribution in [0, 0.1) is 0 Å². The topological polar surface area (TPSA) is 9.23 Å². The maximum absolute atomic E-state index is 6.05. The zero-order valence-electron chi connectivity index (χ0n) is 20.9. The molecule has 0 atom stereocenters. The van der Waals surface area contributed by atoms with Crippen molar-refractivity contribution in [2.75, 3.05) is 7.11 Å². The summed E-state index contributed by atoms with van der Waals surface area (Å²) in [5, 5.41) is 1.27. The van der Waals surface area contributed by atoms with Crippen LogP contribution in [-0.2, 0) is 12.3 Å². The molecular weight excluding hydrogens is 378 g/mol.